The number of nitrogens with one attached hydrogen (secondary N) is 1. The molecule has 1 aromatic heterocycles. The third kappa shape index (κ3) is 2.73. The second-order valence-electron chi connectivity index (χ2n) is 3.53. The van der Waals surface area contributed by atoms with E-state index in [-0.39, 0.29) is 11.6 Å². The van der Waals surface area contributed by atoms with Crippen LogP contribution in [0, 0.1) is 12.7 Å². The lowest BCUT2D eigenvalue weighted by molar-refractivity contribution is 0.102. The summed E-state index contributed by atoms with van der Waals surface area (Å²) in [5.74, 6) is -0.729. The second kappa shape index (κ2) is 4.98. The Kier molecular flexibility index (Phi) is 3.59. The number of thiophene rings is 1. The molecule has 0 fully saturated rings. The summed E-state index contributed by atoms with van der Waals surface area (Å²) < 4.78 is 14.4. The number of hydrogen-bond acceptors (Lipinski definition) is 2. The fourth-order valence-electron chi connectivity index (χ4n) is 1.41. The van der Waals surface area contributed by atoms with Crippen molar-refractivity contribution in [3.63, 3.8) is 0 Å². The summed E-state index contributed by atoms with van der Waals surface area (Å²) in [6.45, 7) is 1.75. The van der Waals surface area contributed by atoms with E-state index in [0.29, 0.717) is 11.1 Å². The van der Waals surface area contributed by atoms with Crippen molar-refractivity contribution in [2.24, 2.45) is 0 Å². The van der Waals surface area contributed by atoms with Crippen LogP contribution in [0.15, 0.2) is 33.4 Å². The molecule has 0 aliphatic rings. The van der Waals surface area contributed by atoms with Crippen molar-refractivity contribution in [1.29, 1.82) is 0 Å². The number of anilines is 1. The molecule has 5 heteroatoms. The van der Waals surface area contributed by atoms with Gasteiger partial charge in [-0.25, -0.2) is 4.39 Å². The Morgan fingerprint density at radius 1 is 1.47 bits per heavy atom. The van der Waals surface area contributed by atoms with Crippen LogP contribution in [-0.4, -0.2) is 5.91 Å². The van der Waals surface area contributed by atoms with Gasteiger partial charge < -0.3 is 5.32 Å². The van der Waals surface area contributed by atoms with Gasteiger partial charge in [-0.2, -0.15) is 0 Å². The first-order valence-corrected chi connectivity index (χ1v) is 6.55. The van der Waals surface area contributed by atoms with Crippen molar-refractivity contribution in [2.45, 2.75) is 6.92 Å². The van der Waals surface area contributed by atoms with Gasteiger partial charge in [0.2, 0.25) is 0 Å². The lowest BCUT2D eigenvalue weighted by Gasteiger charge is -2.08. The molecular weight excluding hydrogens is 305 g/mol. The molecule has 0 saturated heterocycles. The summed E-state index contributed by atoms with van der Waals surface area (Å²) in [5.41, 5.74) is 1.46. The summed E-state index contributed by atoms with van der Waals surface area (Å²) in [6, 6.07) is 6.39. The van der Waals surface area contributed by atoms with Crippen LogP contribution in [0.5, 0.6) is 0 Å². The van der Waals surface area contributed by atoms with Gasteiger partial charge >= 0.3 is 0 Å². The maximum absolute atomic E-state index is 13.5. The van der Waals surface area contributed by atoms with Crippen LogP contribution in [0.2, 0.25) is 0 Å². The van der Waals surface area contributed by atoms with E-state index in [1.807, 2.05) is 0 Å². The van der Waals surface area contributed by atoms with Gasteiger partial charge in [0.05, 0.1) is 15.0 Å². The Hall–Kier alpha value is -1.20. The van der Waals surface area contributed by atoms with E-state index in [9.17, 15) is 9.18 Å². The molecule has 17 heavy (non-hydrogen) atoms. The van der Waals surface area contributed by atoms with Crippen LogP contribution >= 0.6 is 27.3 Å². The SMILES string of the molecule is Cc1cccc(F)c1NC(=O)c1csc(Br)c1. The van der Waals surface area contributed by atoms with E-state index in [1.165, 1.54) is 17.4 Å². The number of rotatable bonds is 2. The zero-order chi connectivity index (χ0) is 12.4. The summed E-state index contributed by atoms with van der Waals surface area (Å²) in [7, 11) is 0. The molecule has 1 aromatic carbocycles. The number of hydrogen-bond donors (Lipinski definition) is 1. The van der Waals surface area contributed by atoms with E-state index in [1.54, 1.807) is 30.5 Å². The monoisotopic (exact) mass is 313 g/mol. The van der Waals surface area contributed by atoms with Crippen molar-refractivity contribution in [2.75, 3.05) is 5.32 Å². The standard InChI is InChI=1S/C12H9BrFNOS/c1-7-3-2-4-9(14)11(7)15-12(16)8-5-10(13)17-6-8/h2-6H,1H3,(H,15,16). The lowest BCUT2D eigenvalue weighted by Crippen LogP contribution is -2.13. The van der Waals surface area contributed by atoms with Crippen LogP contribution in [0.4, 0.5) is 10.1 Å². The van der Waals surface area contributed by atoms with Crippen LogP contribution in [0.1, 0.15) is 15.9 Å². The molecule has 0 spiro atoms. The highest BCUT2D eigenvalue weighted by Crippen LogP contribution is 2.23. The Morgan fingerprint density at radius 3 is 2.82 bits per heavy atom. The van der Waals surface area contributed by atoms with Gasteiger partial charge in [0.25, 0.3) is 5.91 Å². The summed E-state index contributed by atoms with van der Waals surface area (Å²) in [5, 5.41) is 4.30. The van der Waals surface area contributed by atoms with Gasteiger partial charge in [-0.05, 0) is 40.5 Å². The number of aryl methyl sites for hydroxylation is 1. The number of carbonyl (C=O) groups is 1. The van der Waals surface area contributed by atoms with E-state index in [0.717, 1.165) is 3.79 Å². The molecule has 0 unspecified atom stereocenters. The highest BCUT2D eigenvalue weighted by Gasteiger charge is 2.12. The second-order valence-corrected chi connectivity index (χ2v) is 5.82. The quantitative estimate of drug-likeness (QED) is 0.884. The maximum atomic E-state index is 13.5. The van der Waals surface area contributed by atoms with Gasteiger partial charge in [0, 0.05) is 5.38 Å². The molecule has 88 valence electrons. The topological polar surface area (TPSA) is 29.1 Å². The van der Waals surface area contributed by atoms with Gasteiger partial charge in [-0.3, -0.25) is 4.79 Å². The molecule has 2 nitrogen and oxygen atoms in total. The molecule has 0 atom stereocenters. The molecule has 0 aliphatic carbocycles. The predicted octanol–water partition coefficient (Wildman–Crippen LogP) is 4.21. The van der Waals surface area contributed by atoms with Crippen molar-refractivity contribution in [3.05, 3.63) is 50.4 Å². The molecule has 1 N–H and O–H groups in total. The van der Waals surface area contributed by atoms with E-state index in [2.05, 4.69) is 21.2 Å². The Labute approximate surface area is 111 Å². The minimum atomic E-state index is -0.423. The summed E-state index contributed by atoms with van der Waals surface area (Å²) in [6.07, 6.45) is 0. The molecule has 0 bridgehead atoms. The third-order valence-electron chi connectivity index (χ3n) is 2.29. The van der Waals surface area contributed by atoms with Crippen LogP contribution in [0.25, 0.3) is 0 Å². The van der Waals surface area contributed by atoms with E-state index >= 15 is 0 Å². The fourth-order valence-corrected chi connectivity index (χ4v) is 2.54. The van der Waals surface area contributed by atoms with Crippen molar-refractivity contribution in [1.82, 2.24) is 0 Å². The molecule has 1 heterocycles. The Bertz CT molecular complexity index is 547. The third-order valence-corrected chi connectivity index (χ3v) is 3.79. The average molecular weight is 314 g/mol. The fraction of sp³-hybridized carbons (Fsp3) is 0.0833. The smallest absolute Gasteiger partial charge is 0.256 e. The Morgan fingerprint density at radius 2 is 2.24 bits per heavy atom. The molecule has 0 saturated carbocycles. The van der Waals surface area contributed by atoms with Crippen LogP contribution in [-0.2, 0) is 0 Å². The highest BCUT2D eigenvalue weighted by atomic mass is 79.9. The molecular formula is C12H9BrFNOS. The largest absolute Gasteiger partial charge is 0.319 e. The first-order chi connectivity index (χ1) is 8.08. The molecule has 2 aromatic rings. The molecule has 0 aliphatic heterocycles. The lowest BCUT2D eigenvalue weighted by atomic mass is 10.2. The normalized spacial score (nSPS) is 10.3. The number of halogens is 2. The van der Waals surface area contributed by atoms with Gasteiger partial charge in [0.1, 0.15) is 5.82 Å². The average Bonchev–Trinajstić information content (AvgIpc) is 2.70. The molecule has 0 radical (unpaired) electrons. The Balaban J connectivity index is 2.24. The van der Waals surface area contributed by atoms with Gasteiger partial charge in [-0.1, -0.05) is 12.1 Å². The van der Waals surface area contributed by atoms with Crippen molar-refractivity contribution < 1.29 is 9.18 Å². The van der Waals surface area contributed by atoms with E-state index in [4.69, 9.17) is 0 Å². The first kappa shape index (κ1) is 12.3. The zero-order valence-electron chi connectivity index (χ0n) is 8.96. The number of amides is 1. The van der Waals surface area contributed by atoms with Crippen molar-refractivity contribution in [3.8, 4) is 0 Å². The summed E-state index contributed by atoms with van der Waals surface area (Å²) >= 11 is 4.69. The number of para-hydroxylation sites is 1. The first-order valence-electron chi connectivity index (χ1n) is 4.88. The minimum Gasteiger partial charge on any atom is -0.319 e. The molecule has 2 rings (SSSR count). The van der Waals surface area contributed by atoms with Gasteiger partial charge in [0.15, 0.2) is 0 Å². The van der Waals surface area contributed by atoms with Crippen molar-refractivity contribution >= 4 is 38.9 Å². The van der Waals surface area contributed by atoms with Gasteiger partial charge in [-0.15, -0.1) is 11.3 Å². The zero-order valence-corrected chi connectivity index (χ0v) is 11.4. The highest BCUT2D eigenvalue weighted by molar-refractivity contribution is 9.11. The number of carbonyl (C=O) groups excluding carboxylic acids is 1. The van der Waals surface area contributed by atoms with Crippen LogP contribution in [0.3, 0.4) is 0 Å². The number of benzene rings is 1. The minimum absolute atomic E-state index is 0.236. The molecule has 1 amide bonds. The summed E-state index contributed by atoms with van der Waals surface area (Å²) in [4.78, 5) is 11.8. The van der Waals surface area contributed by atoms with Crippen LogP contribution < -0.4 is 5.32 Å². The van der Waals surface area contributed by atoms with E-state index < -0.39 is 5.82 Å². The predicted molar refractivity (Wildman–Crippen MR) is 71.1 cm³/mol. The maximum Gasteiger partial charge on any atom is 0.256 e.